The summed E-state index contributed by atoms with van der Waals surface area (Å²) < 4.78 is 6.95. The van der Waals surface area contributed by atoms with E-state index in [1.165, 1.54) is 6.33 Å². The Morgan fingerprint density at radius 3 is 2.93 bits per heavy atom. The van der Waals surface area contributed by atoms with Crippen LogP contribution >= 0.6 is 0 Å². The zero-order valence-electron chi connectivity index (χ0n) is 8.20. The predicted molar refractivity (Wildman–Crippen MR) is 53.8 cm³/mol. The van der Waals surface area contributed by atoms with Crippen molar-refractivity contribution in [1.82, 2.24) is 19.6 Å². The second kappa shape index (κ2) is 3.47. The fraction of sp³-hybridized carbons (Fsp3) is 0.444. The number of morpholine rings is 1. The van der Waals surface area contributed by atoms with Crippen molar-refractivity contribution in [1.29, 1.82) is 0 Å². The van der Waals surface area contributed by atoms with E-state index < -0.39 is 0 Å². The van der Waals surface area contributed by atoms with Crippen LogP contribution in [0, 0.1) is 0 Å². The van der Waals surface area contributed by atoms with Gasteiger partial charge in [0.25, 0.3) is 0 Å². The first-order valence-corrected chi connectivity index (χ1v) is 4.91. The molecular weight excluding hydrogens is 194 g/mol. The number of rotatable bonds is 1. The van der Waals surface area contributed by atoms with Crippen LogP contribution in [-0.4, -0.2) is 45.9 Å². The van der Waals surface area contributed by atoms with Gasteiger partial charge in [-0.3, -0.25) is 0 Å². The van der Waals surface area contributed by atoms with Gasteiger partial charge in [-0.15, -0.1) is 0 Å². The molecule has 0 unspecified atom stereocenters. The average molecular weight is 205 g/mol. The average Bonchev–Trinajstić information content (AvgIpc) is 2.77. The van der Waals surface area contributed by atoms with Crippen LogP contribution in [0.4, 0.5) is 5.82 Å². The zero-order valence-corrected chi connectivity index (χ0v) is 8.20. The Kier molecular flexibility index (Phi) is 1.99. The summed E-state index contributed by atoms with van der Waals surface area (Å²) in [6, 6.07) is 1.94. The van der Waals surface area contributed by atoms with Crippen molar-refractivity contribution in [3.05, 3.63) is 18.7 Å². The van der Waals surface area contributed by atoms with Gasteiger partial charge in [-0.05, 0) is 0 Å². The quantitative estimate of drug-likeness (QED) is 0.654. The molecule has 0 saturated carbocycles. The van der Waals surface area contributed by atoms with E-state index in [-0.39, 0.29) is 0 Å². The molecule has 1 aliphatic rings. The SMILES string of the molecule is c1nc2cc(N3CCOCC3)ncn2n1. The molecule has 6 nitrogen and oxygen atoms in total. The third-order valence-corrected chi connectivity index (χ3v) is 2.49. The number of hydrogen-bond acceptors (Lipinski definition) is 5. The molecule has 0 aromatic carbocycles. The minimum atomic E-state index is 0.763. The van der Waals surface area contributed by atoms with Crippen LogP contribution in [0.1, 0.15) is 0 Å². The molecule has 78 valence electrons. The van der Waals surface area contributed by atoms with Gasteiger partial charge in [0.05, 0.1) is 13.2 Å². The van der Waals surface area contributed by atoms with Crippen LogP contribution in [-0.2, 0) is 4.74 Å². The molecule has 0 aliphatic carbocycles. The summed E-state index contributed by atoms with van der Waals surface area (Å²) in [5.41, 5.74) is 0.825. The van der Waals surface area contributed by atoms with E-state index in [1.807, 2.05) is 6.07 Å². The Hall–Kier alpha value is -1.69. The molecule has 2 aromatic rings. The van der Waals surface area contributed by atoms with Crippen molar-refractivity contribution in [3.8, 4) is 0 Å². The van der Waals surface area contributed by atoms with E-state index >= 15 is 0 Å². The molecule has 0 N–H and O–H groups in total. The highest BCUT2D eigenvalue weighted by Crippen LogP contribution is 2.13. The van der Waals surface area contributed by atoms with Crippen molar-refractivity contribution >= 4 is 11.5 Å². The Balaban J connectivity index is 1.95. The van der Waals surface area contributed by atoms with E-state index in [1.54, 1.807) is 10.8 Å². The largest absolute Gasteiger partial charge is 0.378 e. The highest BCUT2D eigenvalue weighted by atomic mass is 16.5. The minimum Gasteiger partial charge on any atom is -0.378 e. The number of anilines is 1. The van der Waals surface area contributed by atoms with E-state index in [0.29, 0.717) is 0 Å². The van der Waals surface area contributed by atoms with Gasteiger partial charge in [0.1, 0.15) is 18.5 Å². The standard InChI is InChI=1S/C9H11N5O/c1-3-15-4-2-13(1)8-5-9-10-6-12-14(9)7-11-8/h5-7H,1-4H2. The van der Waals surface area contributed by atoms with Crippen LogP contribution in [0.3, 0.4) is 0 Å². The molecule has 0 amide bonds. The Labute approximate surface area is 86.5 Å². The van der Waals surface area contributed by atoms with Crippen LogP contribution in [0.25, 0.3) is 5.65 Å². The Bertz CT molecular complexity index is 462. The van der Waals surface area contributed by atoms with Crippen LogP contribution in [0.15, 0.2) is 18.7 Å². The zero-order chi connectivity index (χ0) is 10.1. The lowest BCUT2D eigenvalue weighted by Gasteiger charge is -2.27. The Morgan fingerprint density at radius 2 is 2.07 bits per heavy atom. The summed E-state index contributed by atoms with van der Waals surface area (Å²) in [5.74, 6) is 0.943. The predicted octanol–water partition coefficient (Wildman–Crippen LogP) is -0.0391. The van der Waals surface area contributed by atoms with Gasteiger partial charge in [-0.1, -0.05) is 0 Å². The lowest BCUT2D eigenvalue weighted by molar-refractivity contribution is 0.122. The second-order valence-corrected chi connectivity index (χ2v) is 3.41. The molecule has 1 fully saturated rings. The molecule has 0 bridgehead atoms. The second-order valence-electron chi connectivity index (χ2n) is 3.41. The molecule has 3 rings (SSSR count). The lowest BCUT2D eigenvalue weighted by Crippen LogP contribution is -2.36. The van der Waals surface area contributed by atoms with Crippen LogP contribution < -0.4 is 4.90 Å². The molecule has 3 heterocycles. The van der Waals surface area contributed by atoms with Gasteiger partial charge in [-0.25, -0.2) is 14.5 Å². The molecular formula is C9H11N5O. The first-order valence-electron chi connectivity index (χ1n) is 4.91. The van der Waals surface area contributed by atoms with Gasteiger partial charge in [0, 0.05) is 19.2 Å². The van der Waals surface area contributed by atoms with Crippen molar-refractivity contribution in [3.63, 3.8) is 0 Å². The lowest BCUT2D eigenvalue weighted by atomic mass is 10.4. The summed E-state index contributed by atoms with van der Waals surface area (Å²) >= 11 is 0. The summed E-state index contributed by atoms with van der Waals surface area (Å²) in [6.45, 7) is 3.30. The molecule has 0 radical (unpaired) electrons. The maximum Gasteiger partial charge on any atom is 0.160 e. The monoisotopic (exact) mass is 205 g/mol. The maximum absolute atomic E-state index is 5.29. The third kappa shape index (κ3) is 1.52. The first kappa shape index (κ1) is 8.60. The van der Waals surface area contributed by atoms with Crippen molar-refractivity contribution < 1.29 is 4.74 Å². The van der Waals surface area contributed by atoms with E-state index in [2.05, 4.69) is 20.0 Å². The molecule has 15 heavy (non-hydrogen) atoms. The van der Waals surface area contributed by atoms with Gasteiger partial charge >= 0.3 is 0 Å². The van der Waals surface area contributed by atoms with E-state index in [0.717, 1.165) is 37.8 Å². The van der Waals surface area contributed by atoms with Gasteiger partial charge in [0.2, 0.25) is 0 Å². The maximum atomic E-state index is 5.29. The van der Waals surface area contributed by atoms with Gasteiger partial charge in [-0.2, -0.15) is 5.10 Å². The number of fused-ring (bicyclic) bond motifs is 1. The fourth-order valence-corrected chi connectivity index (χ4v) is 1.68. The van der Waals surface area contributed by atoms with Crippen LogP contribution in [0.2, 0.25) is 0 Å². The number of ether oxygens (including phenoxy) is 1. The molecule has 1 saturated heterocycles. The summed E-state index contributed by atoms with van der Waals surface area (Å²) in [5, 5.41) is 4.00. The summed E-state index contributed by atoms with van der Waals surface area (Å²) in [4.78, 5) is 10.7. The highest BCUT2D eigenvalue weighted by molar-refractivity contribution is 5.50. The van der Waals surface area contributed by atoms with Crippen LogP contribution in [0.5, 0.6) is 0 Å². The Morgan fingerprint density at radius 1 is 1.20 bits per heavy atom. The smallest absolute Gasteiger partial charge is 0.160 e. The topological polar surface area (TPSA) is 55.5 Å². The molecule has 0 spiro atoms. The summed E-state index contributed by atoms with van der Waals surface area (Å²) in [7, 11) is 0. The van der Waals surface area contributed by atoms with E-state index in [4.69, 9.17) is 4.74 Å². The molecule has 2 aromatic heterocycles. The molecule has 0 atom stereocenters. The van der Waals surface area contributed by atoms with E-state index in [9.17, 15) is 0 Å². The number of hydrogen-bond donors (Lipinski definition) is 0. The van der Waals surface area contributed by atoms with Crippen molar-refractivity contribution in [2.45, 2.75) is 0 Å². The van der Waals surface area contributed by atoms with Gasteiger partial charge in [0.15, 0.2) is 5.65 Å². The number of aromatic nitrogens is 4. The fourth-order valence-electron chi connectivity index (χ4n) is 1.68. The van der Waals surface area contributed by atoms with Crippen molar-refractivity contribution in [2.24, 2.45) is 0 Å². The summed E-state index contributed by atoms with van der Waals surface area (Å²) in [6.07, 6.45) is 3.22. The third-order valence-electron chi connectivity index (χ3n) is 2.49. The van der Waals surface area contributed by atoms with Crippen molar-refractivity contribution in [2.75, 3.05) is 31.2 Å². The minimum absolute atomic E-state index is 0.763. The normalized spacial score (nSPS) is 17.2. The van der Waals surface area contributed by atoms with Gasteiger partial charge < -0.3 is 9.64 Å². The molecule has 6 heteroatoms. The first-order chi connectivity index (χ1) is 7.43. The molecule has 1 aliphatic heterocycles. The number of nitrogens with zero attached hydrogens (tertiary/aromatic N) is 5. The highest BCUT2D eigenvalue weighted by Gasteiger charge is 2.12.